The van der Waals surface area contributed by atoms with Crippen LogP contribution in [0, 0.1) is 6.92 Å². The summed E-state index contributed by atoms with van der Waals surface area (Å²) in [4.78, 5) is 12.2. The number of amides is 1. The number of nitrogens with one attached hydrogen (secondary N) is 1. The first-order valence-corrected chi connectivity index (χ1v) is 7.50. The molecule has 0 radical (unpaired) electrons. The number of hydrogen-bond acceptors (Lipinski definition) is 2. The van der Waals surface area contributed by atoms with Gasteiger partial charge in [0.25, 0.3) is 5.91 Å². The molecule has 110 valence electrons. The molecule has 0 aromatic heterocycles. The molecule has 1 N–H and O–H groups in total. The van der Waals surface area contributed by atoms with Gasteiger partial charge in [-0.2, -0.15) is 0 Å². The second-order valence-corrected chi connectivity index (χ2v) is 5.77. The van der Waals surface area contributed by atoms with Gasteiger partial charge in [0.2, 0.25) is 0 Å². The van der Waals surface area contributed by atoms with Crippen LogP contribution in [0.5, 0.6) is 0 Å². The SMILES string of the molecule is COCc1cccc(CNC(=O)c2cc(C)ccc2Br)c1. The monoisotopic (exact) mass is 347 g/mol. The molecule has 0 atom stereocenters. The maximum atomic E-state index is 12.2. The fraction of sp³-hybridized carbons (Fsp3) is 0.235. The van der Waals surface area contributed by atoms with E-state index in [1.54, 1.807) is 7.11 Å². The summed E-state index contributed by atoms with van der Waals surface area (Å²) < 4.78 is 5.92. The van der Waals surface area contributed by atoms with Crippen LogP contribution in [-0.2, 0) is 17.9 Å². The van der Waals surface area contributed by atoms with Gasteiger partial charge in [-0.15, -0.1) is 0 Å². The Morgan fingerprint density at radius 2 is 1.95 bits per heavy atom. The number of rotatable bonds is 5. The van der Waals surface area contributed by atoms with E-state index in [9.17, 15) is 4.79 Å². The molecule has 0 unspecified atom stereocenters. The van der Waals surface area contributed by atoms with Crippen molar-refractivity contribution in [2.75, 3.05) is 7.11 Å². The van der Waals surface area contributed by atoms with E-state index in [2.05, 4.69) is 21.2 Å². The van der Waals surface area contributed by atoms with Gasteiger partial charge in [-0.05, 0) is 46.1 Å². The van der Waals surface area contributed by atoms with Crippen molar-refractivity contribution in [3.05, 3.63) is 69.2 Å². The van der Waals surface area contributed by atoms with E-state index in [4.69, 9.17) is 4.74 Å². The molecule has 0 aliphatic carbocycles. The normalized spacial score (nSPS) is 10.4. The highest BCUT2D eigenvalue weighted by Gasteiger charge is 2.09. The van der Waals surface area contributed by atoms with E-state index in [0.717, 1.165) is 21.2 Å². The van der Waals surface area contributed by atoms with Crippen molar-refractivity contribution in [3.63, 3.8) is 0 Å². The fourth-order valence-corrected chi connectivity index (χ4v) is 2.51. The fourth-order valence-electron chi connectivity index (χ4n) is 2.09. The predicted octanol–water partition coefficient (Wildman–Crippen LogP) is 3.83. The van der Waals surface area contributed by atoms with Crippen LogP contribution in [-0.4, -0.2) is 13.0 Å². The van der Waals surface area contributed by atoms with E-state index in [0.29, 0.717) is 18.7 Å². The summed E-state index contributed by atoms with van der Waals surface area (Å²) in [6.07, 6.45) is 0. The number of halogens is 1. The van der Waals surface area contributed by atoms with Crippen LogP contribution >= 0.6 is 15.9 Å². The zero-order valence-corrected chi connectivity index (χ0v) is 13.7. The van der Waals surface area contributed by atoms with Crippen molar-refractivity contribution >= 4 is 21.8 Å². The van der Waals surface area contributed by atoms with Gasteiger partial charge >= 0.3 is 0 Å². The first kappa shape index (κ1) is 15.7. The number of hydrogen-bond donors (Lipinski definition) is 1. The summed E-state index contributed by atoms with van der Waals surface area (Å²) in [7, 11) is 1.67. The summed E-state index contributed by atoms with van der Waals surface area (Å²) >= 11 is 3.41. The Labute approximate surface area is 133 Å². The van der Waals surface area contributed by atoms with Crippen LogP contribution in [0.2, 0.25) is 0 Å². The maximum absolute atomic E-state index is 12.2. The number of carbonyl (C=O) groups is 1. The molecular formula is C17H18BrNO2. The van der Waals surface area contributed by atoms with Crippen molar-refractivity contribution < 1.29 is 9.53 Å². The summed E-state index contributed by atoms with van der Waals surface area (Å²) in [5, 5.41) is 2.94. The Balaban J connectivity index is 2.04. The van der Waals surface area contributed by atoms with Gasteiger partial charge in [-0.25, -0.2) is 0 Å². The number of benzene rings is 2. The van der Waals surface area contributed by atoms with Crippen molar-refractivity contribution in [2.45, 2.75) is 20.1 Å². The summed E-state index contributed by atoms with van der Waals surface area (Å²) in [6.45, 7) is 3.04. The van der Waals surface area contributed by atoms with Gasteiger partial charge in [-0.3, -0.25) is 4.79 Å². The van der Waals surface area contributed by atoms with E-state index < -0.39 is 0 Å². The number of aryl methyl sites for hydroxylation is 1. The minimum absolute atomic E-state index is 0.0808. The zero-order valence-electron chi connectivity index (χ0n) is 12.2. The topological polar surface area (TPSA) is 38.3 Å². The molecule has 2 aromatic carbocycles. The van der Waals surface area contributed by atoms with E-state index in [1.807, 2.05) is 49.4 Å². The standard InChI is InChI=1S/C17H18BrNO2/c1-12-6-7-16(18)15(8-12)17(20)19-10-13-4-3-5-14(9-13)11-21-2/h3-9H,10-11H2,1-2H3,(H,19,20). The van der Waals surface area contributed by atoms with Crippen molar-refractivity contribution in [1.82, 2.24) is 5.32 Å². The molecule has 2 rings (SSSR count). The second-order valence-electron chi connectivity index (χ2n) is 4.92. The Kier molecular flexibility index (Phi) is 5.53. The highest BCUT2D eigenvalue weighted by atomic mass is 79.9. The van der Waals surface area contributed by atoms with Crippen LogP contribution in [0.15, 0.2) is 46.9 Å². The molecule has 0 spiro atoms. The molecule has 3 nitrogen and oxygen atoms in total. The lowest BCUT2D eigenvalue weighted by Gasteiger charge is -2.09. The molecule has 0 saturated carbocycles. The summed E-state index contributed by atoms with van der Waals surface area (Å²) in [5.41, 5.74) is 3.87. The van der Waals surface area contributed by atoms with E-state index in [-0.39, 0.29) is 5.91 Å². The first-order valence-electron chi connectivity index (χ1n) is 6.71. The van der Waals surface area contributed by atoms with Crippen LogP contribution in [0.3, 0.4) is 0 Å². The third-order valence-corrected chi connectivity index (χ3v) is 3.81. The summed E-state index contributed by atoms with van der Waals surface area (Å²) in [5.74, 6) is -0.0808. The second kappa shape index (κ2) is 7.38. The molecular weight excluding hydrogens is 330 g/mol. The average molecular weight is 348 g/mol. The minimum Gasteiger partial charge on any atom is -0.380 e. The zero-order chi connectivity index (χ0) is 15.2. The Morgan fingerprint density at radius 3 is 2.71 bits per heavy atom. The molecule has 2 aromatic rings. The van der Waals surface area contributed by atoms with E-state index >= 15 is 0 Å². The van der Waals surface area contributed by atoms with Crippen LogP contribution < -0.4 is 5.32 Å². The lowest BCUT2D eigenvalue weighted by molar-refractivity contribution is 0.0950. The van der Waals surface area contributed by atoms with Crippen molar-refractivity contribution in [3.8, 4) is 0 Å². The highest BCUT2D eigenvalue weighted by molar-refractivity contribution is 9.10. The molecule has 0 fully saturated rings. The third kappa shape index (κ3) is 4.41. The Morgan fingerprint density at radius 1 is 1.19 bits per heavy atom. The molecule has 0 bridgehead atoms. The quantitative estimate of drug-likeness (QED) is 0.892. The van der Waals surface area contributed by atoms with Crippen LogP contribution in [0.1, 0.15) is 27.0 Å². The van der Waals surface area contributed by atoms with Gasteiger partial charge in [0, 0.05) is 18.1 Å². The number of ether oxygens (including phenoxy) is 1. The first-order chi connectivity index (χ1) is 10.1. The van der Waals surface area contributed by atoms with Gasteiger partial charge < -0.3 is 10.1 Å². The molecule has 0 aliphatic rings. The molecule has 0 heterocycles. The third-order valence-electron chi connectivity index (χ3n) is 3.12. The van der Waals surface area contributed by atoms with Gasteiger partial charge in [0.1, 0.15) is 0 Å². The van der Waals surface area contributed by atoms with Gasteiger partial charge in [0.15, 0.2) is 0 Å². The van der Waals surface area contributed by atoms with Gasteiger partial charge in [-0.1, -0.05) is 35.9 Å². The number of carbonyl (C=O) groups excluding carboxylic acids is 1. The average Bonchev–Trinajstić information content (AvgIpc) is 2.48. The summed E-state index contributed by atoms with van der Waals surface area (Å²) in [6, 6.07) is 13.7. The van der Waals surface area contributed by atoms with E-state index in [1.165, 1.54) is 0 Å². The molecule has 21 heavy (non-hydrogen) atoms. The minimum atomic E-state index is -0.0808. The maximum Gasteiger partial charge on any atom is 0.252 e. The highest BCUT2D eigenvalue weighted by Crippen LogP contribution is 2.18. The molecule has 1 amide bonds. The van der Waals surface area contributed by atoms with Gasteiger partial charge in [0.05, 0.1) is 12.2 Å². The predicted molar refractivity (Wildman–Crippen MR) is 87.2 cm³/mol. The Bertz CT molecular complexity index is 640. The largest absolute Gasteiger partial charge is 0.380 e. The van der Waals surface area contributed by atoms with Crippen LogP contribution in [0.25, 0.3) is 0 Å². The molecule has 0 saturated heterocycles. The van der Waals surface area contributed by atoms with Crippen molar-refractivity contribution in [2.24, 2.45) is 0 Å². The molecule has 4 heteroatoms. The lowest BCUT2D eigenvalue weighted by atomic mass is 10.1. The lowest BCUT2D eigenvalue weighted by Crippen LogP contribution is -2.23. The van der Waals surface area contributed by atoms with Crippen LogP contribution in [0.4, 0.5) is 0 Å². The van der Waals surface area contributed by atoms with Crippen molar-refractivity contribution in [1.29, 1.82) is 0 Å². The molecule has 0 aliphatic heterocycles. The Hall–Kier alpha value is -1.65. The number of methoxy groups -OCH3 is 1. The smallest absolute Gasteiger partial charge is 0.252 e.